The molecule has 40 heavy (non-hydrogen) atoms. The molecule has 3 aromatic rings. The van der Waals surface area contributed by atoms with Crippen molar-refractivity contribution in [3.8, 4) is 11.1 Å². The largest absolute Gasteiger partial charge is 0.381 e. The number of fused-ring (bicyclic) bond motifs is 2. The summed E-state index contributed by atoms with van der Waals surface area (Å²) in [5, 5.41) is 12.4. The second kappa shape index (κ2) is 11.2. The highest BCUT2D eigenvalue weighted by Gasteiger charge is 2.34. The normalized spacial score (nSPS) is 18.4. The van der Waals surface area contributed by atoms with Crippen LogP contribution in [0.1, 0.15) is 73.6 Å². The number of nitrogens with zero attached hydrogens (tertiary/aromatic N) is 6. The van der Waals surface area contributed by atoms with Gasteiger partial charge in [0.15, 0.2) is 5.82 Å². The van der Waals surface area contributed by atoms with Gasteiger partial charge in [-0.1, -0.05) is 13.3 Å². The van der Waals surface area contributed by atoms with Crippen LogP contribution in [-0.2, 0) is 31.2 Å². The molecule has 0 radical (unpaired) electrons. The monoisotopic (exact) mass is 549 g/mol. The molecule has 10 heteroatoms. The Morgan fingerprint density at radius 3 is 2.77 bits per heavy atom. The van der Waals surface area contributed by atoms with Crippen LogP contribution in [-0.4, -0.2) is 63.8 Å². The molecule has 5 heterocycles. The molecule has 2 amide bonds. The highest BCUT2D eigenvalue weighted by molar-refractivity contribution is 5.78. The molecule has 1 aromatic carbocycles. The van der Waals surface area contributed by atoms with Crippen LogP contribution in [0.25, 0.3) is 11.1 Å². The van der Waals surface area contributed by atoms with Crippen molar-refractivity contribution >= 4 is 17.5 Å². The van der Waals surface area contributed by atoms with Crippen molar-refractivity contribution in [2.24, 2.45) is 7.05 Å². The summed E-state index contributed by atoms with van der Waals surface area (Å²) in [6, 6.07) is 4.46. The number of nitrogens with one attached hydrogen (secondary N) is 1. The fourth-order valence-corrected chi connectivity index (χ4v) is 6.56. The van der Waals surface area contributed by atoms with Gasteiger partial charge in [0.05, 0.1) is 18.8 Å². The van der Waals surface area contributed by atoms with Crippen LogP contribution in [0.5, 0.6) is 0 Å². The molecule has 0 bridgehead atoms. The van der Waals surface area contributed by atoms with E-state index in [0.717, 1.165) is 86.5 Å². The van der Waals surface area contributed by atoms with Crippen molar-refractivity contribution in [1.29, 1.82) is 0 Å². The van der Waals surface area contributed by atoms with Crippen LogP contribution in [0.2, 0.25) is 0 Å². The third-order valence-electron chi connectivity index (χ3n) is 8.62. The van der Waals surface area contributed by atoms with E-state index in [0.29, 0.717) is 25.1 Å². The standard InChI is InChI=1S/C30H40FN7O2/c1-4-6-26(31)24-16-28-20(15-23(24)21-17-33-35(3)18-21)7-5-11-37(28)29-25-19-36(30(39)32-2)12-8-27(25)38(34-29)22-9-13-40-14-10-22/h15-18,22,26H,4-14,19H2,1-3H3,(H,32,39). The predicted octanol–water partition coefficient (Wildman–Crippen LogP) is 5.23. The zero-order valence-corrected chi connectivity index (χ0v) is 23.8. The van der Waals surface area contributed by atoms with E-state index in [9.17, 15) is 4.79 Å². The number of amides is 2. The minimum atomic E-state index is -1.06. The van der Waals surface area contributed by atoms with Crippen LogP contribution in [0.3, 0.4) is 0 Å². The Hall–Kier alpha value is -3.40. The highest BCUT2D eigenvalue weighted by Crippen LogP contribution is 2.44. The number of anilines is 2. The summed E-state index contributed by atoms with van der Waals surface area (Å²) >= 11 is 0. The molecule has 0 saturated carbocycles. The summed E-state index contributed by atoms with van der Waals surface area (Å²) < 4.78 is 25.4. The molecule has 3 aliphatic heterocycles. The lowest BCUT2D eigenvalue weighted by atomic mass is 9.90. The van der Waals surface area contributed by atoms with Gasteiger partial charge in [-0.3, -0.25) is 9.36 Å². The molecule has 1 atom stereocenters. The Morgan fingerprint density at radius 1 is 1.23 bits per heavy atom. The lowest BCUT2D eigenvalue weighted by Gasteiger charge is -2.33. The van der Waals surface area contributed by atoms with Gasteiger partial charge in [0.1, 0.15) is 6.17 Å². The first-order valence-electron chi connectivity index (χ1n) is 14.7. The SMILES string of the molecule is CCCC(F)c1cc2c(cc1-c1cnn(C)c1)CCCN2c1nn(C2CCOCC2)c2c1CN(C(=O)NC)CC2. The first-order valence-corrected chi connectivity index (χ1v) is 14.7. The summed E-state index contributed by atoms with van der Waals surface area (Å²) in [5.41, 5.74) is 7.14. The predicted molar refractivity (Wildman–Crippen MR) is 153 cm³/mol. The molecule has 3 aliphatic rings. The average Bonchev–Trinajstić information content (AvgIpc) is 3.59. The number of hydrogen-bond acceptors (Lipinski definition) is 5. The number of halogens is 1. The summed E-state index contributed by atoms with van der Waals surface area (Å²) in [5.74, 6) is 0.905. The summed E-state index contributed by atoms with van der Waals surface area (Å²) in [6.07, 6.45) is 8.50. The van der Waals surface area contributed by atoms with E-state index in [1.807, 2.05) is 31.3 Å². The van der Waals surface area contributed by atoms with Crippen molar-refractivity contribution in [3.63, 3.8) is 0 Å². The Bertz CT molecular complexity index is 1380. The Morgan fingerprint density at radius 2 is 2.05 bits per heavy atom. The second-order valence-corrected chi connectivity index (χ2v) is 11.2. The first-order chi connectivity index (χ1) is 19.5. The Kier molecular flexibility index (Phi) is 7.53. The van der Waals surface area contributed by atoms with Gasteiger partial charge in [-0.15, -0.1) is 0 Å². The van der Waals surface area contributed by atoms with Crippen LogP contribution in [0.4, 0.5) is 20.7 Å². The zero-order chi connectivity index (χ0) is 27.8. The van der Waals surface area contributed by atoms with Crippen LogP contribution in [0, 0.1) is 0 Å². The molecule has 214 valence electrons. The Labute approximate surface area is 235 Å². The minimum absolute atomic E-state index is 0.0716. The molecule has 0 spiro atoms. The topological polar surface area (TPSA) is 80.5 Å². The van der Waals surface area contributed by atoms with Gasteiger partial charge in [0.25, 0.3) is 0 Å². The maximum Gasteiger partial charge on any atom is 0.317 e. The number of aromatic nitrogens is 4. The Balaban J connectivity index is 1.47. The number of carbonyl (C=O) groups excluding carboxylic acids is 1. The molecular weight excluding hydrogens is 509 g/mol. The summed E-state index contributed by atoms with van der Waals surface area (Å²) in [6.45, 7) is 5.48. The van der Waals surface area contributed by atoms with Crippen molar-refractivity contribution in [2.45, 2.75) is 70.6 Å². The molecule has 1 saturated heterocycles. The van der Waals surface area contributed by atoms with E-state index in [2.05, 4.69) is 32.1 Å². The lowest BCUT2D eigenvalue weighted by molar-refractivity contribution is 0.0651. The van der Waals surface area contributed by atoms with E-state index in [1.165, 1.54) is 11.3 Å². The summed E-state index contributed by atoms with van der Waals surface area (Å²) in [4.78, 5) is 16.8. The number of alkyl halides is 1. The number of hydrogen-bond donors (Lipinski definition) is 1. The number of benzene rings is 1. The number of aryl methyl sites for hydroxylation is 2. The van der Waals surface area contributed by atoms with Crippen molar-refractivity contribution < 1.29 is 13.9 Å². The van der Waals surface area contributed by atoms with Gasteiger partial charge in [0, 0.05) is 75.5 Å². The fourth-order valence-electron chi connectivity index (χ4n) is 6.56. The quantitative estimate of drug-likeness (QED) is 0.456. The molecule has 1 N–H and O–H groups in total. The molecule has 6 rings (SSSR count). The van der Waals surface area contributed by atoms with Gasteiger partial charge in [-0.2, -0.15) is 10.2 Å². The van der Waals surface area contributed by atoms with Gasteiger partial charge >= 0.3 is 6.03 Å². The average molecular weight is 550 g/mol. The minimum Gasteiger partial charge on any atom is -0.381 e. The van der Waals surface area contributed by atoms with Gasteiger partial charge in [-0.05, 0) is 60.9 Å². The molecule has 1 unspecified atom stereocenters. The zero-order valence-electron chi connectivity index (χ0n) is 23.8. The van der Waals surface area contributed by atoms with Crippen molar-refractivity contribution in [1.82, 2.24) is 29.8 Å². The van der Waals surface area contributed by atoms with E-state index in [4.69, 9.17) is 9.84 Å². The van der Waals surface area contributed by atoms with E-state index >= 15 is 4.39 Å². The molecule has 9 nitrogen and oxygen atoms in total. The van der Waals surface area contributed by atoms with Gasteiger partial charge < -0.3 is 19.9 Å². The number of rotatable bonds is 6. The fraction of sp³-hybridized carbons (Fsp3) is 0.567. The second-order valence-electron chi connectivity index (χ2n) is 11.2. The van der Waals surface area contributed by atoms with Crippen LogP contribution < -0.4 is 10.2 Å². The van der Waals surface area contributed by atoms with Crippen molar-refractivity contribution in [3.05, 3.63) is 46.9 Å². The maximum atomic E-state index is 15.8. The maximum absolute atomic E-state index is 15.8. The third-order valence-corrected chi connectivity index (χ3v) is 8.62. The first kappa shape index (κ1) is 26.8. The smallest absolute Gasteiger partial charge is 0.317 e. The van der Waals surface area contributed by atoms with E-state index in [1.54, 1.807) is 11.7 Å². The number of carbonyl (C=O) groups is 1. The van der Waals surface area contributed by atoms with Gasteiger partial charge in [0.2, 0.25) is 0 Å². The number of urea groups is 1. The third kappa shape index (κ3) is 4.87. The summed E-state index contributed by atoms with van der Waals surface area (Å²) in [7, 11) is 3.57. The highest BCUT2D eigenvalue weighted by atomic mass is 19.1. The van der Waals surface area contributed by atoms with Crippen LogP contribution in [0.15, 0.2) is 24.5 Å². The van der Waals surface area contributed by atoms with Gasteiger partial charge in [-0.25, -0.2) is 9.18 Å². The molecule has 2 aromatic heterocycles. The van der Waals surface area contributed by atoms with E-state index < -0.39 is 6.17 Å². The van der Waals surface area contributed by atoms with E-state index in [-0.39, 0.29) is 12.1 Å². The lowest BCUT2D eigenvalue weighted by Crippen LogP contribution is -2.42. The molecular formula is C30H40FN7O2. The van der Waals surface area contributed by atoms with Crippen molar-refractivity contribution in [2.75, 3.05) is 38.3 Å². The number of ether oxygens (including phenoxy) is 1. The molecule has 1 fully saturated rings. The molecule has 0 aliphatic carbocycles. The van der Waals surface area contributed by atoms with Crippen LogP contribution >= 0.6 is 0 Å².